The summed E-state index contributed by atoms with van der Waals surface area (Å²) < 4.78 is 3.71. The average Bonchev–Trinajstić information content (AvgIpc) is 3.07. The number of amides is 1. The molecule has 0 unspecified atom stereocenters. The Kier molecular flexibility index (Phi) is 5.56. The van der Waals surface area contributed by atoms with Crippen LogP contribution in [0, 0.1) is 12.8 Å². The second-order valence-electron chi connectivity index (χ2n) is 9.87. The van der Waals surface area contributed by atoms with E-state index in [1.54, 1.807) is 10.7 Å². The van der Waals surface area contributed by atoms with E-state index in [0.717, 1.165) is 60.7 Å². The highest BCUT2D eigenvalue weighted by Crippen LogP contribution is 2.34. The number of hydrogen-bond donors (Lipinski definition) is 1. The topological polar surface area (TPSA) is 85.1 Å². The standard InChI is InChI=1S/C25H32N6O2/c1-15(2)20-11-19(23-16(3)28-29(4)24(23)27-20)25(33)26-8-9-30-12-17-10-18(14-30)21-6-5-7-22(32)31(21)13-17/h5-7,11,15,17-18H,8-10,12-14H2,1-4H3,(H,26,33)/t17-,18+/m1/s1. The molecule has 1 amide bonds. The smallest absolute Gasteiger partial charge is 0.252 e. The zero-order valence-electron chi connectivity index (χ0n) is 19.8. The van der Waals surface area contributed by atoms with Crippen LogP contribution < -0.4 is 10.9 Å². The molecule has 1 fully saturated rings. The van der Waals surface area contributed by atoms with E-state index in [4.69, 9.17) is 4.98 Å². The van der Waals surface area contributed by atoms with Crippen LogP contribution in [0.25, 0.3) is 11.0 Å². The van der Waals surface area contributed by atoms with Crippen molar-refractivity contribution >= 4 is 16.9 Å². The number of rotatable bonds is 5. The summed E-state index contributed by atoms with van der Waals surface area (Å²) >= 11 is 0. The maximum absolute atomic E-state index is 13.2. The molecular formula is C25H32N6O2. The quantitative estimate of drug-likeness (QED) is 0.648. The molecule has 174 valence electrons. The summed E-state index contributed by atoms with van der Waals surface area (Å²) in [6, 6.07) is 7.53. The number of nitrogens with one attached hydrogen (secondary N) is 1. The van der Waals surface area contributed by atoms with Gasteiger partial charge in [-0.1, -0.05) is 19.9 Å². The van der Waals surface area contributed by atoms with Gasteiger partial charge in [-0.15, -0.1) is 0 Å². The van der Waals surface area contributed by atoms with Crippen molar-refractivity contribution in [3.8, 4) is 0 Å². The average molecular weight is 449 g/mol. The molecule has 5 heterocycles. The van der Waals surface area contributed by atoms with Crippen LogP contribution in [-0.4, -0.2) is 56.3 Å². The number of nitrogens with zero attached hydrogens (tertiary/aromatic N) is 5. The van der Waals surface area contributed by atoms with E-state index in [1.807, 2.05) is 30.7 Å². The number of hydrogen-bond acceptors (Lipinski definition) is 5. The van der Waals surface area contributed by atoms with E-state index < -0.39 is 0 Å². The summed E-state index contributed by atoms with van der Waals surface area (Å²) in [5.74, 6) is 1.01. The molecule has 1 saturated heterocycles. The van der Waals surface area contributed by atoms with Crippen LogP contribution in [0.4, 0.5) is 0 Å². The van der Waals surface area contributed by atoms with Gasteiger partial charge in [0.15, 0.2) is 5.65 Å². The molecule has 2 atom stereocenters. The first-order chi connectivity index (χ1) is 15.8. The van der Waals surface area contributed by atoms with Crippen molar-refractivity contribution in [3.63, 3.8) is 0 Å². The summed E-state index contributed by atoms with van der Waals surface area (Å²) in [4.78, 5) is 32.6. The molecule has 33 heavy (non-hydrogen) atoms. The van der Waals surface area contributed by atoms with Crippen LogP contribution in [0.5, 0.6) is 0 Å². The summed E-state index contributed by atoms with van der Waals surface area (Å²) in [7, 11) is 1.87. The van der Waals surface area contributed by atoms with Gasteiger partial charge in [-0.3, -0.25) is 14.3 Å². The number of aromatic nitrogens is 4. The molecule has 8 heteroatoms. The fraction of sp³-hybridized carbons (Fsp3) is 0.520. The Labute approximate surface area is 193 Å². The van der Waals surface area contributed by atoms with Crippen molar-refractivity contribution < 1.29 is 4.79 Å². The van der Waals surface area contributed by atoms with E-state index in [0.29, 0.717) is 23.9 Å². The lowest BCUT2D eigenvalue weighted by atomic mass is 9.83. The number of piperidine rings is 1. The minimum absolute atomic E-state index is 0.0745. The van der Waals surface area contributed by atoms with Gasteiger partial charge >= 0.3 is 0 Å². The first-order valence-electron chi connectivity index (χ1n) is 11.9. The number of carbonyl (C=O) groups excluding carboxylic acids is 1. The molecule has 0 radical (unpaired) electrons. The number of likely N-dealkylation sites (tertiary alicyclic amines) is 1. The molecule has 2 aliphatic heterocycles. The summed E-state index contributed by atoms with van der Waals surface area (Å²) in [5.41, 5.74) is 4.38. The van der Waals surface area contributed by atoms with E-state index in [-0.39, 0.29) is 17.4 Å². The van der Waals surface area contributed by atoms with Crippen LogP contribution in [0.2, 0.25) is 0 Å². The second-order valence-corrected chi connectivity index (χ2v) is 9.87. The van der Waals surface area contributed by atoms with E-state index >= 15 is 0 Å². The third-order valence-electron chi connectivity index (χ3n) is 7.09. The zero-order valence-corrected chi connectivity index (χ0v) is 19.8. The lowest BCUT2D eigenvalue weighted by molar-refractivity contribution is 0.0929. The van der Waals surface area contributed by atoms with Gasteiger partial charge < -0.3 is 14.8 Å². The molecule has 8 nitrogen and oxygen atoms in total. The summed E-state index contributed by atoms with van der Waals surface area (Å²) in [6.07, 6.45) is 1.14. The highest BCUT2D eigenvalue weighted by molar-refractivity contribution is 6.06. The largest absolute Gasteiger partial charge is 0.351 e. The predicted molar refractivity (Wildman–Crippen MR) is 128 cm³/mol. The SMILES string of the molecule is Cc1nn(C)c2nc(C(C)C)cc(C(=O)NCCN3C[C@H]4C[C@@H](C3)c3cccc(=O)n3C4)c12. The van der Waals surface area contributed by atoms with Gasteiger partial charge in [-0.25, -0.2) is 4.98 Å². The minimum Gasteiger partial charge on any atom is -0.351 e. The van der Waals surface area contributed by atoms with Crippen molar-refractivity contribution in [1.29, 1.82) is 0 Å². The third-order valence-corrected chi connectivity index (χ3v) is 7.09. The summed E-state index contributed by atoms with van der Waals surface area (Å²) in [6.45, 7) is 10.2. The van der Waals surface area contributed by atoms with Crippen molar-refractivity contribution in [3.05, 3.63) is 57.3 Å². The molecule has 1 N–H and O–H groups in total. The normalized spacial score (nSPS) is 20.3. The maximum atomic E-state index is 13.2. The Morgan fingerprint density at radius 2 is 2.06 bits per heavy atom. The molecule has 3 aromatic rings. The number of fused-ring (bicyclic) bond motifs is 5. The van der Waals surface area contributed by atoms with Crippen molar-refractivity contribution in [1.82, 2.24) is 29.5 Å². The fourth-order valence-corrected chi connectivity index (χ4v) is 5.54. The zero-order chi connectivity index (χ0) is 23.3. The monoisotopic (exact) mass is 448 g/mol. The highest BCUT2D eigenvalue weighted by Gasteiger charge is 2.34. The van der Waals surface area contributed by atoms with E-state index in [2.05, 4.69) is 35.2 Å². The molecule has 0 aliphatic carbocycles. The van der Waals surface area contributed by atoms with Gasteiger partial charge in [-0.05, 0) is 37.3 Å². The van der Waals surface area contributed by atoms with Crippen LogP contribution in [0.15, 0.2) is 29.1 Å². The molecule has 0 aromatic carbocycles. The minimum atomic E-state index is -0.0745. The van der Waals surface area contributed by atoms with Crippen molar-refractivity contribution in [2.24, 2.45) is 13.0 Å². The lowest BCUT2D eigenvalue weighted by Crippen LogP contribution is -2.48. The van der Waals surface area contributed by atoms with Gasteiger partial charge in [0.05, 0.1) is 16.6 Å². The second kappa shape index (κ2) is 8.41. The van der Waals surface area contributed by atoms with Crippen LogP contribution >= 0.6 is 0 Å². The summed E-state index contributed by atoms with van der Waals surface area (Å²) in [5, 5.41) is 8.45. The lowest BCUT2D eigenvalue weighted by Gasteiger charge is -2.42. The van der Waals surface area contributed by atoms with Crippen LogP contribution in [0.1, 0.15) is 59.5 Å². The van der Waals surface area contributed by atoms with Crippen molar-refractivity contribution in [2.75, 3.05) is 26.2 Å². The van der Waals surface area contributed by atoms with Gasteiger partial charge in [0.1, 0.15) is 0 Å². The van der Waals surface area contributed by atoms with Gasteiger partial charge in [0, 0.05) is 63.1 Å². The Bertz CT molecular complexity index is 1270. The number of carbonyl (C=O) groups is 1. The first-order valence-corrected chi connectivity index (χ1v) is 11.9. The number of aryl methyl sites for hydroxylation is 2. The molecule has 0 spiro atoms. The molecule has 2 aliphatic rings. The Hall–Kier alpha value is -3.00. The van der Waals surface area contributed by atoms with Crippen molar-refractivity contribution in [2.45, 2.75) is 45.6 Å². The molecular weight excluding hydrogens is 416 g/mol. The maximum Gasteiger partial charge on any atom is 0.252 e. The Balaban J connectivity index is 1.28. The molecule has 2 bridgehead atoms. The van der Waals surface area contributed by atoms with Gasteiger partial charge in [-0.2, -0.15) is 5.10 Å². The Morgan fingerprint density at radius 1 is 1.24 bits per heavy atom. The molecule has 3 aromatic heterocycles. The Morgan fingerprint density at radius 3 is 2.85 bits per heavy atom. The predicted octanol–water partition coefficient (Wildman–Crippen LogP) is 2.41. The number of pyridine rings is 2. The van der Waals surface area contributed by atoms with Gasteiger partial charge in [0.2, 0.25) is 0 Å². The molecule has 0 saturated carbocycles. The fourth-order valence-electron chi connectivity index (χ4n) is 5.54. The first kappa shape index (κ1) is 21.8. The van der Waals surface area contributed by atoms with E-state index in [9.17, 15) is 9.59 Å². The van der Waals surface area contributed by atoms with Crippen LogP contribution in [-0.2, 0) is 13.6 Å². The highest BCUT2D eigenvalue weighted by atomic mass is 16.1. The van der Waals surface area contributed by atoms with E-state index in [1.165, 1.54) is 0 Å². The van der Waals surface area contributed by atoms with Crippen LogP contribution in [0.3, 0.4) is 0 Å². The van der Waals surface area contributed by atoms with Gasteiger partial charge in [0.25, 0.3) is 11.5 Å². The third kappa shape index (κ3) is 3.97. The molecule has 5 rings (SSSR count).